The van der Waals surface area contributed by atoms with Crippen LogP contribution in [0.25, 0.3) is 22.3 Å². The van der Waals surface area contributed by atoms with Gasteiger partial charge in [-0.15, -0.1) is 0 Å². The van der Waals surface area contributed by atoms with Crippen LogP contribution in [0.3, 0.4) is 0 Å². The van der Waals surface area contributed by atoms with Crippen molar-refractivity contribution in [2.45, 2.75) is 6.42 Å². The topological polar surface area (TPSA) is 76.7 Å². The standard InChI is InChI=1S/C41H34N2O4/c44-40(28-46-38-23-15-34(16-24-38)32-7-3-1-4-8-32)42-36-19-11-30(12-20-36)27-31-13-21-37(22-14-31)43-41(45)29-47-39-25-17-35(18-26-39)33-9-5-2-6-10-33/h1-26H,27-29H2,(H,42,44)(H,43,45). The number of ether oxygens (including phenoxy) is 2. The van der Waals surface area contributed by atoms with Crippen molar-refractivity contribution in [3.05, 3.63) is 169 Å². The lowest BCUT2D eigenvalue weighted by molar-refractivity contribution is -0.118. The Kier molecular flexibility index (Phi) is 10.0. The van der Waals surface area contributed by atoms with Crippen molar-refractivity contribution in [3.63, 3.8) is 0 Å². The van der Waals surface area contributed by atoms with Gasteiger partial charge < -0.3 is 20.1 Å². The van der Waals surface area contributed by atoms with Gasteiger partial charge in [0.05, 0.1) is 0 Å². The summed E-state index contributed by atoms with van der Waals surface area (Å²) in [4.78, 5) is 24.9. The van der Waals surface area contributed by atoms with E-state index in [0.717, 1.165) is 33.4 Å². The molecule has 6 aromatic carbocycles. The van der Waals surface area contributed by atoms with Crippen molar-refractivity contribution in [1.82, 2.24) is 0 Å². The number of amides is 2. The summed E-state index contributed by atoms with van der Waals surface area (Å²) in [5.74, 6) is 0.820. The predicted octanol–water partition coefficient (Wildman–Crippen LogP) is 8.65. The van der Waals surface area contributed by atoms with E-state index in [-0.39, 0.29) is 25.0 Å². The number of anilines is 2. The van der Waals surface area contributed by atoms with Crippen LogP contribution in [-0.4, -0.2) is 25.0 Å². The second-order valence-corrected chi connectivity index (χ2v) is 11.0. The molecule has 6 aromatic rings. The minimum Gasteiger partial charge on any atom is -0.484 e. The van der Waals surface area contributed by atoms with Gasteiger partial charge in [-0.3, -0.25) is 9.59 Å². The maximum Gasteiger partial charge on any atom is 0.262 e. The van der Waals surface area contributed by atoms with Crippen molar-refractivity contribution in [3.8, 4) is 33.8 Å². The van der Waals surface area contributed by atoms with Crippen LogP contribution < -0.4 is 20.1 Å². The average Bonchev–Trinajstić information content (AvgIpc) is 3.13. The Labute approximate surface area is 274 Å². The average molecular weight is 619 g/mol. The maximum absolute atomic E-state index is 12.5. The van der Waals surface area contributed by atoms with Crippen LogP contribution in [-0.2, 0) is 16.0 Å². The van der Waals surface area contributed by atoms with Crippen molar-refractivity contribution in [1.29, 1.82) is 0 Å². The first-order valence-electron chi connectivity index (χ1n) is 15.4. The molecule has 0 heterocycles. The zero-order valence-electron chi connectivity index (χ0n) is 25.8. The molecular weight excluding hydrogens is 584 g/mol. The van der Waals surface area contributed by atoms with Gasteiger partial charge >= 0.3 is 0 Å². The molecule has 6 nitrogen and oxygen atoms in total. The molecule has 232 valence electrons. The zero-order chi connectivity index (χ0) is 32.3. The summed E-state index contributed by atoms with van der Waals surface area (Å²) in [5, 5.41) is 5.76. The maximum atomic E-state index is 12.5. The number of hydrogen-bond acceptors (Lipinski definition) is 4. The molecule has 0 atom stereocenters. The Bertz CT molecular complexity index is 1750. The first kappa shape index (κ1) is 30.9. The summed E-state index contributed by atoms with van der Waals surface area (Å²) in [7, 11) is 0. The van der Waals surface area contributed by atoms with Crippen molar-refractivity contribution < 1.29 is 19.1 Å². The molecule has 2 N–H and O–H groups in total. The SMILES string of the molecule is O=C(COc1ccc(-c2ccccc2)cc1)Nc1ccc(Cc2ccc(NC(=O)COc3ccc(-c4ccccc4)cc3)cc2)cc1. The third kappa shape index (κ3) is 8.96. The van der Waals surface area contributed by atoms with Gasteiger partial charge in [0.1, 0.15) is 11.5 Å². The number of rotatable bonds is 12. The molecule has 47 heavy (non-hydrogen) atoms. The van der Waals surface area contributed by atoms with E-state index in [1.54, 1.807) is 0 Å². The third-order valence-electron chi connectivity index (χ3n) is 7.55. The fraction of sp³-hybridized carbons (Fsp3) is 0.0732. The number of benzene rings is 6. The van der Waals surface area contributed by atoms with Gasteiger partial charge in [-0.05, 0) is 88.3 Å². The largest absolute Gasteiger partial charge is 0.484 e. The summed E-state index contributed by atoms with van der Waals surface area (Å²) in [5.41, 5.74) is 8.04. The Balaban J connectivity index is 0.917. The molecule has 0 aromatic heterocycles. The molecule has 2 amide bonds. The van der Waals surface area contributed by atoms with E-state index < -0.39 is 0 Å². The van der Waals surface area contributed by atoms with Gasteiger partial charge in [0, 0.05) is 11.4 Å². The van der Waals surface area contributed by atoms with E-state index in [1.165, 1.54) is 0 Å². The molecule has 6 rings (SSSR count). The Hall–Kier alpha value is -6.14. The Morgan fingerprint density at radius 2 is 0.745 bits per heavy atom. The van der Waals surface area contributed by atoms with Gasteiger partial charge in [-0.1, -0.05) is 109 Å². The highest BCUT2D eigenvalue weighted by atomic mass is 16.5. The lowest BCUT2D eigenvalue weighted by Crippen LogP contribution is -2.20. The van der Waals surface area contributed by atoms with Gasteiger partial charge in [0.25, 0.3) is 11.8 Å². The lowest BCUT2D eigenvalue weighted by atomic mass is 10.0. The van der Waals surface area contributed by atoms with Crippen LogP contribution >= 0.6 is 0 Å². The van der Waals surface area contributed by atoms with Gasteiger partial charge in [-0.2, -0.15) is 0 Å². The van der Waals surface area contributed by atoms with Crippen LogP contribution in [0.4, 0.5) is 11.4 Å². The van der Waals surface area contributed by atoms with Crippen LogP contribution in [0.15, 0.2) is 158 Å². The molecule has 0 radical (unpaired) electrons. The minimum absolute atomic E-state index is 0.0801. The summed E-state index contributed by atoms with van der Waals surface area (Å²) >= 11 is 0. The first-order chi connectivity index (χ1) is 23.1. The molecular formula is C41H34N2O4. The Morgan fingerprint density at radius 3 is 1.11 bits per heavy atom. The normalized spacial score (nSPS) is 10.6. The molecule has 0 aliphatic rings. The highest BCUT2D eigenvalue weighted by Gasteiger charge is 2.07. The van der Waals surface area contributed by atoms with E-state index in [1.807, 2.05) is 133 Å². The number of hydrogen-bond donors (Lipinski definition) is 2. The van der Waals surface area contributed by atoms with Crippen LogP contribution in [0.1, 0.15) is 11.1 Å². The van der Waals surface area contributed by atoms with E-state index in [2.05, 4.69) is 34.9 Å². The molecule has 6 heteroatoms. The minimum atomic E-state index is -0.228. The quantitative estimate of drug-likeness (QED) is 0.144. The lowest BCUT2D eigenvalue weighted by Gasteiger charge is -2.10. The van der Waals surface area contributed by atoms with Crippen molar-refractivity contribution in [2.75, 3.05) is 23.8 Å². The van der Waals surface area contributed by atoms with Gasteiger partial charge in [0.2, 0.25) is 0 Å². The molecule has 0 bridgehead atoms. The highest BCUT2D eigenvalue weighted by Crippen LogP contribution is 2.23. The second-order valence-electron chi connectivity index (χ2n) is 11.0. The van der Waals surface area contributed by atoms with E-state index in [0.29, 0.717) is 29.3 Å². The molecule has 0 saturated carbocycles. The van der Waals surface area contributed by atoms with Gasteiger partial charge in [-0.25, -0.2) is 0 Å². The molecule has 0 saturated heterocycles. The van der Waals surface area contributed by atoms with E-state index in [4.69, 9.17) is 9.47 Å². The molecule has 0 aliphatic carbocycles. The van der Waals surface area contributed by atoms with Crippen LogP contribution in [0, 0.1) is 0 Å². The van der Waals surface area contributed by atoms with Crippen molar-refractivity contribution in [2.24, 2.45) is 0 Å². The molecule has 0 unspecified atom stereocenters. The monoisotopic (exact) mass is 618 g/mol. The fourth-order valence-corrected chi connectivity index (χ4v) is 5.09. The first-order valence-corrected chi connectivity index (χ1v) is 15.4. The zero-order valence-corrected chi connectivity index (χ0v) is 25.8. The van der Waals surface area contributed by atoms with E-state index in [9.17, 15) is 9.59 Å². The second kappa shape index (κ2) is 15.2. The number of nitrogens with one attached hydrogen (secondary N) is 2. The fourth-order valence-electron chi connectivity index (χ4n) is 5.09. The third-order valence-corrected chi connectivity index (χ3v) is 7.55. The van der Waals surface area contributed by atoms with Gasteiger partial charge in [0.15, 0.2) is 13.2 Å². The number of carbonyl (C=O) groups excluding carboxylic acids is 2. The predicted molar refractivity (Wildman–Crippen MR) is 188 cm³/mol. The van der Waals surface area contributed by atoms with Crippen molar-refractivity contribution >= 4 is 23.2 Å². The number of carbonyl (C=O) groups is 2. The summed E-state index contributed by atoms with van der Waals surface area (Å²) in [6.45, 7) is -0.160. The molecule has 0 aliphatic heterocycles. The molecule has 0 spiro atoms. The summed E-state index contributed by atoms with van der Waals surface area (Å²) in [6.07, 6.45) is 0.715. The summed E-state index contributed by atoms with van der Waals surface area (Å²) in [6, 6.07) is 51.1. The molecule has 0 fully saturated rings. The summed E-state index contributed by atoms with van der Waals surface area (Å²) < 4.78 is 11.3. The smallest absolute Gasteiger partial charge is 0.262 e. The highest BCUT2D eigenvalue weighted by molar-refractivity contribution is 5.92. The van der Waals surface area contributed by atoms with Crippen LogP contribution in [0.5, 0.6) is 11.5 Å². The Morgan fingerprint density at radius 1 is 0.404 bits per heavy atom. The van der Waals surface area contributed by atoms with Crippen LogP contribution in [0.2, 0.25) is 0 Å². The van der Waals surface area contributed by atoms with E-state index >= 15 is 0 Å².